The van der Waals surface area contributed by atoms with E-state index in [4.69, 9.17) is 11.6 Å². The summed E-state index contributed by atoms with van der Waals surface area (Å²) < 4.78 is 0. The van der Waals surface area contributed by atoms with Crippen LogP contribution in [0.25, 0.3) is 0 Å². The standard InChI is InChI=1S/C11H15ClN2/c1-6(2)9-5-10(12)14-11(13-9)8-4-7(8)3/h5-8H,4H2,1-3H3. The minimum atomic E-state index is 0.420. The van der Waals surface area contributed by atoms with E-state index >= 15 is 0 Å². The molecule has 1 aliphatic rings. The zero-order valence-electron chi connectivity index (χ0n) is 8.79. The van der Waals surface area contributed by atoms with Crippen LogP contribution in [-0.4, -0.2) is 9.97 Å². The molecule has 1 fully saturated rings. The summed E-state index contributed by atoms with van der Waals surface area (Å²) in [4.78, 5) is 8.83. The lowest BCUT2D eigenvalue weighted by Gasteiger charge is -2.06. The molecular formula is C11H15ClN2. The molecule has 0 amide bonds. The molecule has 14 heavy (non-hydrogen) atoms. The quantitative estimate of drug-likeness (QED) is 0.700. The lowest BCUT2D eigenvalue weighted by molar-refractivity contribution is 0.767. The van der Waals surface area contributed by atoms with Crippen molar-refractivity contribution in [1.29, 1.82) is 0 Å². The third-order valence-corrected chi connectivity index (χ3v) is 2.96. The second-order valence-electron chi connectivity index (χ2n) is 4.45. The molecule has 1 aromatic heterocycles. The molecule has 0 N–H and O–H groups in total. The van der Waals surface area contributed by atoms with Gasteiger partial charge >= 0.3 is 0 Å². The van der Waals surface area contributed by atoms with E-state index in [2.05, 4.69) is 30.7 Å². The first-order valence-corrected chi connectivity index (χ1v) is 5.50. The van der Waals surface area contributed by atoms with Crippen LogP contribution in [0.4, 0.5) is 0 Å². The van der Waals surface area contributed by atoms with E-state index in [1.54, 1.807) is 0 Å². The van der Waals surface area contributed by atoms with Crippen LogP contribution in [0.15, 0.2) is 6.07 Å². The molecule has 2 atom stereocenters. The number of halogens is 1. The SMILES string of the molecule is CC(C)c1cc(Cl)nc(C2CC2C)n1. The number of aromatic nitrogens is 2. The first kappa shape index (κ1) is 9.91. The van der Waals surface area contributed by atoms with Gasteiger partial charge in [-0.2, -0.15) is 0 Å². The van der Waals surface area contributed by atoms with Crippen molar-refractivity contribution in [3.05, 3.63) is 22.7 Å². The maximum Gasteiger partial charge on any atom is 0.133 e. The smallest absolute Gasteiger partial charge is 0.133 e. The van der Waals surface area contributed by atoms with Gasteiger partial charge in [0.2, 0.25) is 0 Å². The van der Waals surface area contributed by atoms with Gasteiger partial charge in [-0.3, -0.25) is 0 Å². The first-order chi connectivity index (χ1) is 6.58. The summed E-state index contributed by atoms with van der Waals surface area (Å²) in [6, 6.07) is 1.86. The molecule has 1 aliphatic carbocycles. The van der Waals surface area contributed by atoms with Crippen molar-refractivity contribution in [1.82, 2.24) is 9.97 Å². The fourth-order valence-electron chi connectivity index (χ4n) is 1.60. The molecule has 2 unspecified atom stereocenters. The predicted molar refractivity (Wildman–Crippen MR) is 57.7 cm³/mol. The van der Waals surface area contributed by atoms with E-state index in [1.165, 1.54) is 6.42 Å². The number of hydrogen-bond donors (Lipinski definition) is 0. The average molecular weight is 211 g/mol. The van der Waals surface area contributed by atoms with Gasteiger partial charge in [0.15, 0.2) is 0 Å². The van der Waals surface area contributed by atoms with Gasteiger partial charge < -0.3 is 0 Å². The second-order valence-corrected chi connectivity index (χ2v) is 4.84. The second kappa shape index (κ2) is 3.50. The van der Waals surface area contributed by atoms with Gasteiger partial charge in [-0.1, -0.05) is 32.4 Å². The molecule has 0 aromatic carbocycles. The summed E-state index contributed by atoms with van der Waals surface area (Å²) in [6.45, 7) is 6.47. The van der Waals surface area contributed by atoms with Crippen LogP contribution in [0.2, 0.25) is 5.15 Å². The Bertz CT molecular complexity index is 349. The van der Waals surface area contributed by atoms with Crippen molar-refractivity contribution >= 4 is 11.6 Å². The van der Waals surface area contributed by atoms with Gasteiger partial charge in [-0.05, 0) is 24.3 Å². The summed E-state index contributed by atoms with van der Waals surface area (Å²) in [6.07, 6.45) is 1.21. The van der Waals surface area contributed by atoms with E-state index in [1.807, 2.05) is 6.07 Å². The Hall–Kier alpha value is -0.630. The normalized spacial score (nSPS) is 25.5. The van der Waals surface area contributed by atoms with E-state index in [9.17, 15) is 0 Å². The van der Waals surface area contributed by atoms with Crippen LogP contribution in [0, 0.1) is 5.92 Å². The Morgan fingerprint density at radius 2 is 2.07 bits per heavy atom. The highest BCUT2D eigenvalue weighted by atomic mass is 35.5. The Labute approximate surface area is 89.7 Å². The lowest BCUT2D eigenvalue weighted by Crippen LogP contribution is -2.00. The predicted octanol–water partition coefficient (Wildman–Crippen LogP) is 3.38. The van der Waals surface area contributed by atoms with E-state index < -0.39 is 0 Å². The monoisotopic (exact) mass is 210 g/mol. The first-order valence-electron chi connectivity index (χ1n) is 5.12. The van der Waals surface area contributed by atoms with Gasteiger partial charge in [-0.25, -0.2) is 9.97 Å². The maximum atomic E-state index is 5.96. The Kier molecular flexibility index (Phi) is 2.48. The van der Waals surface area contributed by atoms with Crippen LogP contribution in [0.5, 0.6) is 0 Å². The highest BCUT2D eigenvalue weighted by molar-refractivity contribution is 6.29. The third-order valence-electron chi connectivity index (χ3n) is 2.76. The summed E-state index contributed by atoms with van der Waals surface area (Å²) in [7, 11) is 0. The lowest BCUT2D eigenvalue weighted by atomic mass is 10.1. The summed E-state index contributed by atoms with van der Waals surface area (Å²) in [5, 5.41) is 0.581. The third kappa shape index (κ3) is 1.90. The topological polar surface area (TPSA) is 25.8 Å². The van der Waals surface area contributed by atoms with Crippen molar-refractivity contribution in [3.8, 4) is 0 Å². The highest BCUT2D eigenvalue weighted by Crippen LogP contribution is 2.45. The van der Waals surface area contributed by atoms with Gasteiger partial charge in [0.25, 0.3) is 0 Å². The zero-order valence-corrected chi connectivity index (χ0v) is 9.54. The van der Waals surface area contributed by atoms with Crippen LogP contribution in [-0.2, 0) is 0 Å². The van der Waals surface area contributed by atoms with Crippen molar-refractivity contribution in [3.63, 3.8) is 0 Å². The Morgan fingerprint density at radius 3 is 2.57 bits per heavy atom. The van der Waals surface area contributed by atoms with E-state index in [-0.39, 0.29) is 0 Å². The summed E-state index contributed by atoms with van der Waals surface area (Å²) in [5.74, 6) is 2.64. The minimum absolute atomic E-state index is 0.420. The molecule has 0 radical (unpaired) electrons. The van der Waals surface area contributed by atoms with Crippen LogP contribution in [0.1, 0.15) is 50.5 Å². The molecule has 2 nitrogen and oxygen atoms in total. The molecule has 0 bridgehead atoms. The maximum absolute atomic E-state index is 5.96. The van der Waals surface area contributed by atoms with Crippen LogP contribution in [0.3, 0.4) is 0 Å². The highest BCUT2D eigenvalue weighted by Gasteiger charge is 2.36. The molecule has 0 spiro atoms. The van der Waals surface area contributed by atoms with Crippen LogP contribution >= 0.6 is 11.6 Å². The van der Waals surface area contributed by atoms with E-state index in [0.717, 1.165) is 17.4 Å². The average Bonchev–Trinajstić information content (AvgIpc) is 2.81. The molecular weight excluding hydrogens is 196 g/mol. The van der Waals surface area contributed by atoms with Gasteiger partial charge in [0, 0.05) is 11.6 Å². The molecule has 76 valence electrons. The zero-order chi connectivity index (χ0) is 10.3. The molecule has 0 saturated heterocycles. The van der Waals surface area contributed by atoms with Gasteiger partial charge in [0.05, 0.1) is 0 Å². The Balaban J connectivity index is 2.32. The summed E-state index contributed by atoms with van der Waals surface area (Å²) in [5.41, 5.74) is 1.05. The van der Waals surface area contributed by atoms with Crippen molar-refractivity contribution < 1.29 is 0 Å². The van der Waals surface area contributed by atoms with Crippen molar-refractivity contribution in [2.75, 3.05) is 0 Å². The fraction of sp³-hybridized carbons (Fsp3) is 0.636. The molecule has 0 aliphatic heterocycles. The Morgan fingerprint density at radius 1 is 1.43 bits per heavy atom. The van der Waals surface area contributed by atoms with Crippen molar-refractivity contribution in [2.45, 2.75) is 39.0 Å². The van der Waals surface area contributed by atoms with E-state index in [0.29, 0.717) is 17.0 Å². The molecule has 1 saturated carbocycles. The fourth-order valence-corrected chi connectivity index (χ4v) is 1.80. The van der Waals surface area contributed by atoms with Gasteiger partial charge in [0.1, 0.15) is 11.0 Å². The minimum Gasteiger partial charge on any atom is -0.237 e. The summed E-state index contributed by atoms with van der Waals surface area (Å²) >= 11 is 5.96. The number of rotatable bonds is 2. The van der Waals surface area contributed by atoms with Crippen molar-refractivity contribution in [2.24, 2.45) is 5.92 Å². The molecule has 1 aromatic rings. The molecule has 3 heteroatoms. The number of nitrogens with zero attached hydrogens (tertiary/aromatic N) is 2. The number of hydrogen-bond acceptors (Lipinski definition) is 2. The molecule has 1 heterocycles. The van der Waals surface area contributed by atoms with Crippen LogP contribution < -0.4 is 0 Å². The molecule has 2 rings (SSSR count). The largest absolute Gasteiger partial charge is 0.237 e. The van der Waals surface area contributed by atoms with Gasteiger partial charge in [-0.15, -0.1) is 0 Å².